The Morgan fingerprint density at radius 3 is 2.75 bits per heavy atom. The van der Waals surface area contributed by atoms with Crippen molar-refractivity contribution in [2.24, 2.45) is 0 Å². The van der Waals surface area contributed by atoms with Crippen LogP contribution in [0.3, 0.4) is 0 Å². The number of para-hydroxylation sites is 2. The van der Waals surface area contributed by atoms with Gasteiger partial charge in [0.05, 0.1) is 2.74 Å². The number of fused-ring (bicyclic) bond motifs is 4. The van der Waals surface area contributed by atoms with E-state index >= 15 is 0 Å². The molecule has 0 spiro atoms. The minimum Gasteiger partial charge on any atom is -0.506 e. The molecule has 5 nitrogen and oxygen atoms in total. The Morgan fingerprint density at radius 2 is 1.84 bits per heavy atom. The maximum Gasteiger partial charge on any atom is 0.217 e. The second kappa shape index (κ2) is 8.10. The fourth-order valence-electron chi connectivity index (χ4n) is 3.83. The molecule has 0 bridgehead atoms. The van der Waals surface area contributed by atoms with E-state index in [0.717, 1.165) is 21.8 Å². The van der Waals surface area contributed by atoms with Crippen LogP contribution in [0.5, 0.6) is 17.4 Å². The Morgan fingerprint density at radius 1 is 0.938 bits per heavy atom. The van der Waals surface area contributed by atoms with Crippen LogP contribution in [0, 0.1) is 6.07 Å². The molecule has 0 saturated heterocycles. The van der Waals surface area contributed by atoms with Gasteiger partial charge in [-0.25, -0.2) is 9.97 Å². The molecule has 32 heavy (non-hydrogen) atoms. The first-order chi connectivity index (χ1) is 16.1. The molecule has 0 saturated carbocycles. The van der Waals surface area contributed by atoms with E-state index in [0.29, 0.717) is 28.5 Å². The second-order valence-corrected chi connectivity index (χ2v) is 7.07. The van der Waals surface area contributed by atoms with Crippen molar-refractivity contribution in [1.82, 2.24) is 14.5 Å². The van der Waals surface area contributed by atoms with Crippen LogP contribution >= 0.6 is 0 Å². The Labute approximate surface area is 201 Å². The summed E-state index contributed by atoms with van der Waals surface area (Å²) in [4.78, 5) is 8.83. The van der Waals surface area contributed by atoms with Gasteiger partial charge in [0.25, 0.3) is 0 Å². The van der Waals surface area contributed by atoms with E-state index in [-0.39, 0.29) is 38.7 Å². The zero-order chi connectivity index (χ0) is 22.5. The number of hydrogen-bond acceptors (Lipinski definition) is 4. The molecule has 3 heterocycles. The molecule has 0 aliphatic heterocycles. The summed E-state index contributed by atoms with van der Waals surface area (Å²) in [6, 6.07) is 25.4. The number of aromatic hydroxyl groups is 1. The molecular formula is C26H16N3O2Pt-. The third-order valence-electron chi connectivity index (χ3n) is 5.19. The number of phenols is 1. The molecule has 0 amide bonds. The van der Waals surface area contributed by atoms with Crippen molar-refractivity contribution >= 4 is 32.7 Å². The first-order valence-corrected chi connectivity index (χ1v) is 9.74. The molecule has 0 fully saturated rings. The van der Waals surface area contributed by atoms with Crippen molar-refractivity contribution in [3.05, 3.63) is 97.1 Å². The average molecular weight is 600 g/mol. The van der Waals surface area contributed by atoms with E-state index in [1.165, 1.54) is 0 Å². The Balaban J connectivity index is 0.00000241. The molecule has 0 atom stereocenters. The van der Waals surface area contributed by atoms with Crippen molar-refractivity contribution in [2.45, 2.75) is 0 Å². The summed E-state index contributed by atoms with van der Waals surface area (Å²) in [6.07, 6.45) is 1.61. The zero-order valence-electron chi connectivity index (χ0n) is 18.5. The number of nitrogens with zero attached hydrogens (tertiary/aromatic N) is 3. The summed E-state index contributed by atoms with van der Waals surface area (Å²) < 4.78 is 24.2. The number of aromatic nitrogens is 3. The SMILES string of the molecule is [2H]c1ccnc(-n2c3[c-]c(Oc4nc5c(O)cccc5cc4[2H])ccc3c3ccccc32)c1.[Pt]. The van der Waals surface area contributed by atoms with Gasteiger partial charge in [0, 0.05) is 50.0 Å². The molecule has 0 radical (unpaired) electrons. The summed E-state index contributed by atoms with van der Waals surface area (Å²) in [5.41, 5.74) is 2.05. The van der Waals surface area contributed by atoms with Crippen LogP contribution < -0.4 is 4.74 Å². The quantitative estimate of drug-likeness (QED) is 0.253. The molecule has 3 aromatic carbocycles. The van der Waals surface area contributed by atoms with Gasteiger partial charge in [0.2, 0.25) is 5.88 Å². The van der Waals surface area contributed by atoms with E-state index in [9.17, 15) is 5.11 Å². The first kappa shape index (κ1) is 17.9. The fraction of sp³-hybridized carbons (Fsp3) is 0. The van der Waals surface area contributed by atoms with E-state index in [2.05, 4.69) is 16.0 Å². The van der Waals surface area contributed by atoms with Gasteiger partial charge >= 0.3 is 0 Å². The molecular weight excluding hydrogens is 581 g/mol. The minimum atomic E-state index is 0. The Kier molecular flexibility index (Phi) is 4.54. The molecule has 158 valence electrons. The molecule has 1 N–H and O–H groups in total. The Hall–Kier alpha value is -3.69. The van der Waals surface area contributed by atoms with Crippen LogP contribution in [0.2, 0.25) is 0 Å². The van der Waals surface area contributed by atoms with Gasteiger partial charge in [0.1, 0.15) is 17.1 Å². The summed E-state index contributed by atoms with van der Waals surface area (Å²) in [7, 11) is 0. The van der Waals surface area contributed by atoms with Gasteiger partial charge < -0.3 is 14.4 Å². The van der Waals surface area contributed by atoms with Crippen molar-refractivity contribution < 1.29 is 33.7 Å². The molecule has 0 aliphatic carbocycles. The van der Waals surface area contributed by atoms with Crippen LogP contribution in [0.25, 0.3) is 38.5 Å². The van der Waals surface area contributed by atoms with Gasteiger partial charge in [-0.1, -0.05) is 41.9 Å². The van der Waals surface area contributed by atoms with Crippen LogP contribution in [0.4, 0.5) is 0 Å². The summed E-state index contributed by atoms with van der Waals surface area (Å²) in [5.74, 6) is 1.09. The molecule has 6 heteroatoms. The second-order valence-electron chi connectivity index (χ2n) is 7.07. The van der Waals surface area contributed by atoms with E-state index in [4.69, 9.17) is 7.48 Å². The number of ether oxygens (including phenoxy) is 1. The Bertz CT molecular complexity index is 1700. The van der Waals surface area contributed by atoms with Gasteiger partial charge in [-0.3, -0.25) is 0 Å². The normalized spacial score (nSPS) is 11.9. The van der Waals surface area contributed by atoms with Crippen molar-refractivity contribution in [3.63, 3.8) is 0 Å². The number of benzene rings is 3. The largest absolute Gasteiger partial charge is 0.506 e. The zero-order valence-corrected chi connectivity index (χ0v) is 18.8. The number of phenolic OH excluding ortho intramolecular Hbond substituents is 1. The molecule has 3 aromatic heterocycles. The maximum absolute atomic E-state index is 10.1. The third kappa shape index (κ3) is 3.31. The minimum absolute atomic E-state index is 0. The summed E-state index contributed by atoms with van der Waals surface area (Å²) in [5, 5.41) is 12.8. The predicted octanol–water partition coefficient (Wildman–Crippen LogP) is 6.02. The molecule has 0 unspecified atom stereocenters. The van der Waals surface area contributed by atoms with Gasteiger partial charge in [0.15, 0.2) is 0 Å². The van der Waals surface area contributed by atoms with Crippen LogP contribution in [0.15, 0.2) is 91.1 Å². The topological polar surface area (TPSA) is 60.2 Å². The van der Waals surface area contributed by atoms with Gasteiger partial charge in [-0.15, -0.1) is 17.5 Å². The number of pyridine rings is 2. The van der Waals surface area contributed by atoms with Gasteiger partial charge in [-0.05, 0) is 35.7 Å². The standard InChI is InChI=1S/C26H16N3O2.Pt/c30-23-9-5-6-17-11-14-25(28-26(17)23)31-18-12-13-20-19-7-1-2-8-21(19)29(22(20)16-18)24-10-3-4-15-27-24;/h1-15,30H;/q-1;/i3D,14D;. The molecule has 6 rings (SSSR count). The predicted molar refractivity (Wildman–Crippen MR) is 121 cm³/mol. The molecule has 0 aliphatic rings. The average Bonchev–Trinajstić information content (AvgIpc) is 3.14. The third-order valence-corrected chi connectivity index (χ3v) is 5.19. The number of hydrogen-bond donors (Lipinski definition) is 1. The van der Waals surface area contributed by atoms with Crippen molar-refractivity contribution in [3.8, 4) is 23.2 Å². The van der Waals surface area contributed by atoms with Gasteiger partial charge in [-0.2, -0.15) is 6.07 Å². The fourth-order valence-corrected chi connectivity index (χ4v) is 3.83. The van der Waals surface area contributed by atoms with Crippen LogP contribution in [0.1, 0.15) is 2.74 Å². The maximum atomic E-state index is 10.1. The van der Waals surface area contributed by atoms with Crippen LogP contribution in [-0.4, -0.2) is 19.6 Å². The smallest absolute Gasteiger partial charge is 0.217 e. The van der Waals surface area contributed by atoms with Crippen LogP contribution in [-0.2, 0) is 21.1 Å². The first-order valence-electron chi connectivity index (χ1n) is 10.7. The van der Waals surface area contributed by atoms with Crippen molar-refractivity contribution in [2.75, 3.05) is 0 Å². The monoisotopic (exact) mass is 599 g/mol. The van der Waals surface area contributed by atoms with Crippen molar-refractivity contribution in [1.29, 1.82) is 0 Å². The van der Waals surface area contributed by atoms with E-state index in [1.807, 2.05) is 34.9 Å². The van der Waals surface area contributed by atoms with E-state index < -0.39 is 0 Å². The number of rotatable bonds is 3. The summed E-state index contributed by atoms with van der Waals surface area (Å²) in [6.45, 7) is 0. The molecule has 6 aromatic rings. The summed E-state index contributed by atoms with van der Waals surface area (Å²) >= 11 is 0. The van der Waals surface area contributed by atoms with E-state index in [1.54, 1.807) is 48.7 Å².